The molecule has 0 aromatic carbocycles. The van der Waals surface area contributed by atoms with E-state index in [9.17, 15) is 19.0 Å². The molecule has 0 aliphatic heterocycles. The van der Waals surface area contributed by atoms with Crippen LogP contribution in [0.1, 0.15) is 406 Å². The van der Waals surface area contributed by atoms with Crippen molar-refractivity contribution in [1.82, 2.24) is 0 Å². The van der Waals surface area contributed by atoms with Crippen LogP contribution in [-0.2, 0) is 32.7 Å². The zero-order valence-corrected chi connectivity index (χ0v) is 64.5. The van der Waals surface area contributed by atoms with Gasteiger partial charge >= 0.3 is 11.9 Å². The topological polar surface area (TPSA) is 111 Å². The number of carbonyl (C=O) groups excluding carboxylic acids is 2. The van der Waals surface area contributed by atoms with Gasteiger partial charge in [-0.05, 0) is 64.2 Å². The smallest absolute Gasteiger partial charge is 0.306 e. The standard InChI is InChI=1S/C85H158NO8P/c1-6-8-10-12-14-16-18-20-22-24-26-28-30-32-34-36-38-39-40-41-42-43-44-45-46-47-48-50-52-54-56-58-60-62-64-66-68-70-72-74-76-78-85(88)94-83(82-93-95(89,90)92-80-79-86(3,4)5)81-91-84(87)77-75-73-71-69-67-65-63-61-59-57-55-53-51-49-37-35-33-31-29-27-25-23-21-19-17-15-13-11-9-7-2/h8,10,14,16,20,22,26,28,32,34,38-39,83H,6-7,9,11-13,15,17-19,21,23-25,27,29-31,33,35-37,40-82H2,1-5H3/b10-8-,16-14-,22-20-,28-26-,34-32-,39-38-. The van der Waals surface area contributed by atoms with E-state index in [4.69, 9.17) is 18.5 Å². The fraction of sp³-hybridized carbons (Fsp3) is 0.835. The van der Waals surface area contributed by atoms with Crippen molar-refractivity contribution in [1.29, 1.82) is 0 Å². The Hall–Kier alpha value is -2.55. The van der Waals surface area contributed by atoms with E-state index in [1.165, 1.54) is 302 Å². The average molecular weight is 1350 g/mol. The van der Waals surface area contributed by atoms with Gasteiger partial charge in [0.2, 0.25) is 0 Å². The van der Waals surface area contributed by atoms with Crippen molar-refractivity contribution in [2.24, 2.45) is 0 Å². The lowest BCUT2D eigenvalue weighted by atomic mass is 10.0. The first kappa shape index (κ1) is 92.4. The number of likely N-dealkylation sites (N-methyl/N-ethyl adjacent to an activating group) is 1. The molecule has 2 atom stereocenters. The molecule has 0 aliphatic rings. The molecule has 0 saturated carbocycles. The van der Waals surface area contributed by atoms with Gasteiger partial charge in [0, 0.05) is 12.8 Å². The van der Waals surface area contributed by atoms with E-state index >= 15 is 0 Å². The van der Waals surface area contributed by atoms with Gasteiger partial charge in [-0.1, -0.05) is 401 Å². The van der Waals surface area contributed by atoms with Gasteiger partial charge in [0.1, 0.15) is 19.8 Å². The zero-order chi connectivity index (χ0) is 69.0. The quantitative estimate of drug-likeness (QED) is 0.0195. The molecule has 0 aromatic heterocycles. The zero-order valence-electron chi connectivity index (χ0n) is 63.6. The summed E-state index contributed by atoms with van der Waals surface area (Å²) in [7, 11) is 1.19. The number of unbranched alkanes of at least 4 members (excludes halogenated alkanes) is 51. The Morgan fingerprint density at radius 3 is 0.895 bits per heavy atom. The molecule has 0 spiro atoms. The summed E-state index contributed by atoms with van der Waals surface area (Å²) in [5, 5.41) is 0. The SMILES string of the molecule is CC/C=C\C/C=C\C/C=C\C/C=C\C/C=C\C/C=C\CCCCCCCCCCCCCCCCCCCCCCCCC(=O)OC(COC(=O)CCCCCCCCCCCCCCCCCCCCCCCCCCCCCCCC)COP(=O)([O-])OCC[N+](C)(C)C. The highest BCUT2D eigenvalue weighted by Crippen LogP contribution is 2.38. The number of hydrogen-bond acceptors (Lipinski definition) is 8. The molecule has 0 radical (unpaired) electrons. The van der Waals surface area contributed by atoms with Crippen molar-refractivity contribution < 1.29 is 42.1 Å². The van der Waals surface area contributed by atoms with Crippen molar-refractivity contribution in [3.8, 4) is 0 Å². The van der Waals surface area contributed by atoms with Crippen molar-refractivity contribution in [2.75, 3.05) is 47.5 Å². The minimum Gasteiger partial charge on any atom is -0.756 e. The number of ether oxygens (including phenoxy) is 2. The molecular formula is C85H158NO8P. The predicted molar refractivity (Wildman–Crippen MR) is 411 cm³/mol. The summed E-state index contributed by atoms with van der Waals surface area (Å²) < 4.78 is 34.4. The number of phosphoric acid groups is 1. The van der Waals surface area contributed by atoms with Crippen LogP contribution in [0.2, 0.25) is 0 Å². The third-order valence-corrected chi connectivity index (χ3v) is 19.5. The molecule has 0 amide bonds. The van der Waals surface area contributed by atoms with Gasteiger partial charge in [0.15, 0.2) is 6.10 Å². The van der Waals surface area contributed by atoms with Gasteiger partial charge in [-0.2, -0.15) is 0 Å². The Bertz CT molecular complexity index is 1830. The Labute approximate surface area is 590 Å². The van der Waals surface area contributed by atoms with Crippen molar-refractivity contribution >= 4 is 19.8 Å². The van der Waals surface area contributed by atoms with Gasteiger partial charge in [-0.25, -0.2) is 0 Å². The molecule has 0 aromatic rings. The van der Waals surface area contributed by atoms with Crippen LogP contribution in [0, 0.1) is 0 Å². The molecule has 9 nitrogen and oxygen atoms in total. The third kappa shape index (κ3) is 80.3. The van der Waals surface area contributed by atoms with Crippen LogP contribution in [0.4, 0.5) is 0 Å². The number of hydrogen-bond donors (Lipinski definition) is 0. The second-order valence-corrected chi connectivity index (χ2v) is 30.5. The summed E-state index contributed by atoms with van der Waals surface area (Å²) in [5.74, 6) is -0.809. The molecule has 0 aliphatic carbocycles. The molecule has 0 fully saturated rings. The largest absolute Gasteiger partial charge is 0.756 e. The van der Waals surface area contributed by atoms with Gasteiger partial charge in [0.05, 0.1) is 27.7 Å². The van der Waals surface area contributed by atoms with Crippen LogP contribution in [0.5, 0.6) is 0 Å². The van der Waals surface area contributed by atoms with E-state index in [2.05, 4.69) is 86.8 Å². The lowest BCUT2D eigenvalue weighted by molar-refractivity contribution is -0.870. The first-order valence-corrected chi connectivity index (χ1v) is 42.6. The molecule has 556 valence electrons. The monoisotopic (exact) mass is 1350 g/mol. The van der Waals surface area contributed by atoms with Crippen molar-refractivity contribution in [2.45, 2.75) is 412 Å². The van der Waals surface area contributed by atoms with E-state index in [1.807, 2.05) is 21.1 Å². The Morgan fingerprint density at radius 2 is 0.600 bits per heavy atom. The summed E-state index contributed by atoms with van der Waals surface area (Å²) in [6.45, 7) is 4.20. The normalized spacial score (nSPS) is 13.4. The second kappa shape index (κ2) is 75.6. The molecule has 95 heavy (non-hydrogen) atoms. The maximum absolute atomic E-state index is 12.9. The van der Waals surface area contributed by atoms with Crippen LogP contribution >= 0.6 is 7.82 Å². The fourth-order valence-corrected chi connectivity index (χ4v) is 13.0. The van der Waals surface area contributed by atoms with Gasteiger partial charge in [-0.3, -0.25) is 14.2 Å². The van der Waals surface area contributed by atoms with Crippen LogP contribution in [0.15, 0.2) is 72.9 Å². The van der Waals surface area contributed by atoms with Crippen LogP contribution < -0.4 is 4.89 Å². The van der Waals surface area contributed by atoms with E-state index in [0.717, 1.165) is 70.6 Å². The van der Waals surface area contributed by atoms with Crippen LogP contribution in [0.25, 0.3) is 0 Å². The third-order valence-electron chi connectivity index (χ3n) is 18.5. The molecule has 10 heteroatoms. The minimum absolute atomic E-state index is 0.0283. The minimum atomic E-state index is -4.64. The average Bonchev–Trinajstić information content (AvgIpc) is 1.81. The fourth-order valence-electron chi connectivity index (χ4n) is 12.3. The van der Waals surface area contributed by atoms with Crippen molar-refractivity contribution in [3.63, 3.8) is 0 Å². The molecule has 0 heterocycles. The lowest BCUT2D eigenvalue weighted by Crippen LogP contribution is -2.37. The maximum Gasteiger partial charge on any atom is 0.306 e. The summed E-state index contributed by atoms with van der Waals surface area (Å²) in [6, 6.07) is 0. The van der Waals surface area contributed by atoms with Gasteiger partial charge in [0.25, 0.3) is 7.82 Å². The highest BCUT2D eigenvalue weighted by atomic mass is 31.2. The number of quaternary nitrogens is 1. The maximum atomic E-state index is 12.9. The molecular weight excluding hydrogens is 1190 g/mol. The number of carbonyl (C=O) groups is 2. The van der Waals surface area contributed by atoms with Gasteiger partial charge in [-0.15, -0.1) is 0 Å². The van der Waals surface area contributed by atoms with Crippen LogP contribution in [0.3, 0.4) is 0 Å². The van der Waals surface area contributed by atoms with Crippen LogP contribution in [-0.4, -0.2) is 70.0 Å². The summed E-state index contributed by atoms with van der Waals surface area (Å²) in [4.78, 5) is 38.2. The van der Waals surface area contributed by atoms with Crippen molar-refractivity contribution in [3.05, 3.63) is 72.9 Å². The predicted octanol–water partition coefficient (Wildman–Crippen LogP) is 26.8. The molecule has 2 unspecified atom stereocenters. The number of phosphoric ester groups is 1. The molecule has 0 N–H and O–H groups in total. The Balaban J connectivity index is 3.90. The Kier molecular flexibility index (Phi) is 73.6. The first-order chi connectivity index (χ1) is 46.5. The van der Waals surface area contributed by atoms with Gasteiger partial charge < -0.3 is 27.9 Å². The summed E-state index contributed by atoms with van der Waals surface area (Å²) in [6.07, 6.45) is 103. The lowest BCUT2D eigenvalue weighted by Gasteiger charge is -2.28. The summed E-state index contributed by atoms with van der Waals surface area (Å²) >= 11 is 0. The molecule has 0 saturated heterocycles. The van der Waals surface area contributed by atoms with E-state index in [0.29, 0.717) is 17.4 Å². The summed E-state index contributed by atoms with van der Waals surface area (Å²) in [5.41, 5.74) is 0. The van der Waals surface area contributed by atoms with E-state index in [1.54, 1.807) is 0 Å². The van der Waals surface area contributed by atoms with E-state index < -0.39 is 26.5 Å². The first-order valence-electron chi connectivity index (χ1n) is 41.1. The molecule has 0 rings (SSSR count). The number of nitrogens with zero attached hydrogens (tertiary/aromatic N) is 1. The number of allylic oxidation sites excluding steroid dienone is 12. The Morgan fingerprint density at radius 1 is 0.337 bits per heavy atom. The number of esters is 2. The molecule has 0 bridgehead atoms. The number of rotatable bonds is 77. The second-order valence-electron chi connectivity index (χ2n) is 29.1. The highest BCUT2D eigenvalue weighted by molar-refractivity contribution is 7.45. The highest BCUT2D eigenvalue weighted by Gasteiger charge is 2.22. The van der Waals surface area contributed by atoms with E-state index in [-0.39, 0.29) is 32.0 Å².